The van der Waals surface area contributed by atoms with Gasteiger partial charge in [0.05, 0.1) is 0 Å². The van der Waals surface area contributed by atoms with Crippen LogP contribution in [0.5, 0.6) is 0 Å². The summed E-state index contributed by atoms with van der Waals surface area (Å²) in [6, 6.07) is 30.8. The molecule has 2 aromatic heterocycles. The van der Waals surface area contributed by atoms with Gasteiger partial charge >= 0.3 is 0 Å². The van der Waals surface area contributed by atoms with Crippen LogP contribution in [0.3, 0.4) is 0 Å². The van der Waals surface area contributed by atoms with Gasteiger partial charge in [0.1, 0.15) is 0 Å². The van der Waals surface area contributed by atoms with Gasteiger partial charge in [0.2, 0.25) is 0 Å². The fraction of sp³-hybridized carbons (Fsp3) is 0.294. The fourth-order valence-electron chi connectivity index (χ4n) is 5.50. The van der Waals surface area contributed by atoms with Crippen molar-refractivity contribution >= 4 is 21.5 Å². The van der Waals surface area contributed by atoms with Crippen molar-refractivity contribution < 1.29 is 9.97 Å². The number of unbranched alkanes of at least 4 members (excludes halogenated alkanes) is 4. The van der Waals surface area contributed by atoms with E-state index in [0.29, 0.717) is 0 Å². The summed E-state index contributed by atoms with van der Waals surface area (Å²) in [4.78, 5) is 6.96. The molecule has 2 nitrogen and oxygen atoms in total. The van der Waals surface area contributed by atoms with E-state index in [2.05, 4.69) is 107 Å². The minimum atomic E-state index is 1.12. The Balaban J connectivity index is 1.05. The zero-order valence-electron chi connectivity index (χ0n) is 21.3. The molecule has 0 spiro atoms. The zero-order valence-corrected chi connectivity index (χ0v) is 21.3. The van der Waals surface area contributed by atoms with Gasteiger partial charge in [-0.25, -0.2) is 9.97 Å². The SMILES string of the molecule is c1ccc(CCCCCc2[nH+]ccc3ccccc23)c(CCCCCc2[nH+]ccc3ccccc23)c1. The first kappa shape index (κ1) is 24.2. The highest BCUT2D eigenvalue weighted by molar-refractivity contribution is 5.83. The lowest BCUT2D eigenvalue weighted by molar-refractivity contribution is -0.388. The minimum absolute atomic E-state index is 1.12. The van der Waals surface area contributed by atoms with E-state index in [4.69, 9.17) is 0 Å². The number of aromatic nitrogens is 2. The van der Waals surface area contributed by atoms with Gasteiger partial charge in [-0.2, -0.15) is 0 Å². The molecular weight excluding hydrogens is 436 g/mol. The summed E-state index contributed by atoms with van der Waals surface area (Å²) in [5.74, 6) is 0. The maximum Gasteiger partial charge on any atom is 0.187 e. The summed E-state index contributed by atoms with van der Waals surface area (Å²) in [5, 5.41) is 5.39. The molecule has 0 saturated carbocycles. The highest BCUT2D eigenvalue weighted by Gasteiger charge is 2.09. The summed E-state index contributed by atoms with van der Waals surface area (Å²) < 4.78 is 0. The van der Waals surface area contributed by atoms with Crippen molar-refractivity contribution in [3.63, 3.8) is 0 Å². The Bertz CT molecular complexity index is 1290. The summed E-state index contributed by atoms with van der Waals surface area (Å²) in [6.07, 6.45) is 16.3. The predicted molar refractivity (Wildman–Crippen MR) is 150 cm³/mol. The third kappa shape index (κ3) is 6.18. The Morgan fingerprint density at radius 3 is 1.31 bits per heavy atom. The van der Waals surface area contributed by atoms with Crippen LogP contribution in [0, 0.1) is 0 Å². The first-order valence-corrected chi connectivity index (χ1v) is 13.7. The number of hydrogen-bond donors (Lipinski definition) is 0. The van der Waals surface area contributed by atoms with Crippen molar-refractivity contribution in [1.82, 2.24) is 0 Å². The average Bonchev–Trinajstić information content (AvgIpc) is 2.93. The van der Waals surface area contributed by atoms with Crippen molar-refractivity contribution in [2.75, 3.05) is 0 Å². The van der Waals surface area contributed by atoms with Crippen molar-refractivity contribution in [3.8, 4) is 0 Å². The van der Waals surface area contributed by atoms with E-state index in [0.717, 1.165) is 12.8 Å². The highest BCUT2D eigenvalue weighted by atomic mass is 14.7. The molecule has 5 rings (SSSR count). The maximum atomic E-state index is 3.48. The van der Waals surface area contributed by atoms with Crippen LogP contribution < -0.4 is 9.97 Å². The normalized spacial score (nSPS) is 11.3. The number of aryl methyl sites for hydroxylation is 4. The largest absolute Gasteiger partial charge is 0.215 e. The van der Waals surface area contributed by atoms with Gasteiger partial charge in [0.15, 0.2) is 23.8 Å². The van der Waals surface area contributed by atoms with Gasteiger partial charge in [-0.1, -0.05) is 73.5 Å². The molecule has 2 heterocycles. The predicted octanol–water partition coefficient (Wildman–Crippen LogP) is 7.53. The molecule has 0 aliphatic rings. The van der Waals surface area contributed by atoms with E-state index in [1.807, 2.05) is 0 Å². The number of pyridine rings is 2. The van der Waals surface area contributed by atoms with Crippen LogP contribution in [0.15, 0.2) is 97.3 Å². The van der Waals surface area contributed by atoms with Gasteiger partial charge in [0, 0.05) is 35.7 Å². The molecule has 0 radical (unpaired) electrons. The Morgan fingerprint density at radius 2 is 0.806 bits per heavy atom. The van der Waals surface area contributed by atoms with Crippen molar-refractivity contribution in [1.29, 1.82) is 0 Å². The molecule has 0 fully saturated rings. The molecule has 3 aromatic carbocycles. The quantitative estimate of drug-likeness (QED) is 0.167. The van der Waals surface area contributed by atoms with E-state index in [9.17, 15) is 0 Å². The lowest BCUT2D eigenvalue weighted by atomic mass is 9.96. The van der Waals surface area contributed by atoms with Crippen LogP contribution in [0.2, 0.25) is 0 Å². The van der Waals surface area contributed by atoms with Gasteiger partial charge in [-0.15, -0.1) is 0 Å². The zero-order chi connectivity index (χ0) is 24.4. The Hall–Kier alpha value is -3.52. The number of hydrogen-bond acceptors (Lipinski definition) is 0. The molecule has 0 atom stereocenters. The molecule has 2 heteroatoms. The van der Waals surface area contributed by atoms with Crippen LogP contribution >= 0.6 is 0 Å². The number of nitrogens with one attached hydrogen (secondary N) is 2. The topological polar surface area (TPSA) is 28.3 Å². The van der Waals surface area contributed by atoms with Crippen LogP contribution in [-0.4, -0.2) is 0 Å². The molecule has 0 aliphatic heterocycles. The van der Waals surface area contributed by atoms with Gasteiger partial charge in [-0.05, 0) is 72.6 Å². The Morgan fingerprint density at radius 1 is 0.389 bits per heavy atom. The highest BCUT2D eigenvalue weighted by Crippen LogP contribution is 2.20. The molecule has 0 amide bonds. The van der Waals surface area contributed by atoms with Crippen LogP contribution in [0.4, 0.5) is 0 Å². The maximum absolute atomic E-state index is 3.48. The smallest absolute Gasteiger partial charge is 0.187 e. The first-order valence-electron chi connectivity index (χ1n) is 13.7. The van der Waals surface area contributed by atoms with E-state index in [-0.39, 0.29) is 0 Å². The summed E-state index contributed by atoms with van der Waals surface area (Å²) in [5.41, 5.74) is 5.84. The Labute approximate surface area is 215 Å². The number of benzene rings is 3. The average molecular weight is 475 g/mol. The molecule has 0 saturated heterocycles. The summed E-state index contributed by atoms with van der Waals surface area (Å²) in [6.45, 7) is 0. The van der Waals surface area contributed by atoms with Crippen molar-refractivity contribution in [3.05, 3.63) is 120 Å². The molecule has 36 heavy (non-hydrogen) atoms. The van der Waals surface area contributed by atoms with Crippen LogP contribution in [0.25, 0.3) is 21.5 Å². The summed E-state index contributed by atoms with van der Waals surface area (Å²) in [7, 11) is 0. The van der Waals surface area contributed by atoms with Crippen molar-refractivity contribution in [2.24, 2.45) is 0 Å². The first-order chi connectivity index (χ1) is 17.9. The van der Waals surface area contributed by atoms with Gasteiger partial charge < -0.3 is 0 Å². The molecule has 0 unspecified atom stereocenters. The number of aromatic amines is 2. The lowest BCUT2D eigenvalue weighted by Crippen LogP contribution is -2.10. The van der Waals surface area contributed by atoms with Crippen LogP contribution in [0.1, 0.15) is 61.0 Å². The Kier molecular flexibility index (Phi) is 8.36. The molecule has 2 N–H and O–H groups in total. The second-order valence-corrected chi connectivity index (χ2v) is 9.98. The van der Waals surface area contributed by atoms with Gasteiger partial charge in [0.25, 0.3) is 0 Å². The number of rotatable bonds is 12. The van der Waals surface area contributed by atoms with E-state index < -0.39 is 0 Å². The van der Waals surface area contributed by atoms with E-state index >= 15 is 0 Å². The lowest BCUT2D eigenvalue weighted by Gasteiger charge is -2.09. The van der Waals surface area contributed by atoms with Crippen LogP contribution in [-0.2, 0) is 25.7 Å². The fourth-order valence-corrected chi connectivity index (χ4v) is 5.50. The molecule has 0 bridgehead atoms. The molecular formula is C34H38N2+2. The van der Waals surface area contributed by atoms with Gasteiger partial charge in [-0.3, -0.25) is 0 Å². The monoisotopic (exact) mass is 474 g/mol. The third-order valence-corrected chi connectivity index (χ3v) is 7.48. The van der Waals surface area contributed by atoms with E-state index in [1.54, 1.807) is 11.1 Å². The molecule has 182 valence electrons. The summed E-state index contributed by atoms with van der Waals surface area (Å²) >= 11 is 0. The third-order valence-electron chi connectivity index (χ3n) is 7.48. The standard InChI is InChI=1S/C34H36N2/c1(5-21-33-31-19-11-9-17-29(31)23-25-35-33)3-13-27-15-7-8-16-28(27)14-4-2-6-22-34-32-20-12-10-18-30(32)24-26-36-34/h7-12,15-20,23-26H,1-6,13-14,21-22H2/p+2. The van der Waals surface area contributed by atoms with Crippen molar-refractivity contribution in [2.45, 2.75) is 64.2 Å². The second kappa shape index (κ2) is 12.4. The second-order valence-electron chi connectivity index (χ2n) is 9.98. The minimum Gasteiger partial charge on any atom is -0.215 e. The van der Waals surface area contributed by atoms with E-state index in [1.165, 1.54) is 84.3 Å². The number of H-pyrrole nitrogens is 2. The number of fused-ring (bicyclic) bond motifs is 2. The molecule has 0 aliphatic carbocycles. The molecule has 5 aromatic rings.